The lowest BCUT2D eigenvalue weighted by Gasteiger charge is -2.07. The Balaban J connectivity index is 1.81. The van der Waals surface area contributed by atoms with Crippen molar-refractivity contribution in [2.75, 3.05) is 5.32 Å². The third kappa shape index (κ3) is 2.56. The van der Waals surface area contributed by atoms with Crippen LogP contribution in [-0.2, 0) is 6.54 Å². The first-order chi connectivity index (χ1) is 9.72. The summed E-state index contributed by atoms with van der Waals surface area (Å²) in [6, 6.07) is 10.8. The van der Waals surface area contributed by atoms with E-state index in [9.17, 15) is 8.78 Å². The molecule has 3 aromatic rings. The minimum absolute atomic E-state index is 0.111. The molecule has 100 valence electrons. The molecule has 0 radical (unpaired) electrons. The molecule has 3 nitrogen and oxygen atoms in total. The number of anilines is 1. The summed E-state index contributed by atoms with van der Waals surface area (Å²) in [5.41, 5.74) is 2.34. The first-order valence-electron chi connectivity index (χ1n) is 6.12. The molecule has 0 bridgehead atoms. The Morgan fingerprint density at radius 2 is 1.80 bits per heavy atom. The van der Waals surface area contributed by atoms with Gasteiger partial charge in [-0.1, -0.05) is 12.1 Å². The minimum Gasteiger partial charge on any atom is -0.377 e. The van der Waals surface area contributed by atoms with Crippen LogP contribution in [0.15, 0.2) is 48.7 Å². The highest BCUT2D eigenvalue weighted by Crippen LogP contribution is 2.16. The van der Waals surface area contributed by atoms with E-state index in [0.29, 0.717) is 5.69 Å². The zero-order chi connectivity index (χ0) is 13.9. The van der Waals surface area contributed by atoms with Crippen LogP contribution in [0.5, 0.6) is 0 Å². The van der Waals surface area contributed by atoms with Crippen molar-refractivity contribution in [3.8, 4) is 0 Å². The van der Waals surface area contributed by atoms with Crippen molar-refractivity contribution in [1.82, 2.24) is 9.97 Å². The summed E-state index contributed by atoms with van der Waals surface area (Å²) in [5.74, 6) is -0.987. The summed E-state index contributed by atoms with van der Waals surface area (Å²) in [6.45, 7) is 0.276. The quantitative estimate of drug-likeness (QED) is 0.792. The molecule has 0 fully saturated rings. The molecule has 0 saturated carbocycles. The molecule has 5 heteroatoms. The summed E-state index contributed by atoms with van der Waals surface area (Å²) in [4.78, 5) is 8.66. The van der Waals surface area contributed by atoms with Crippen LogP contribution in [0.25, 0.3) is 11.0 Å². The van der Waals surface area contributed by atoms with Gasteiger partial charge in [-0.05, 0) is 30.3 Å². The van der Waals surface area contributed by atoms with Gasteiger partial charge in [0.15, 0.2) is 0 Å². The van der Waals surface area contributed by atoms with E-state index < -0.39 is 11.6 Å². The van der Waals surface area contributed by atoms with Gasteiger partial charge in [-0.25, -0.2) is 13.8 Å². The Morgan fingerprint density at radius 3 is 2.65 bits per heavy atom. The lowest BCUT2D eigenvalue weighted by molar-refractivity contribution is 0.602. The SMILES string of the molecule is Fc1ccc(F)c(NCc2cnc3ccccc3n2)c1. The first kappa shape index (κ1) is 12.5. The van der Waals surface area contributed by atoms with Crippen LogP contribution in [0.3, 0.4) is 0 Å². The number of hydrogen-bond acceptors (Lipinski definition) is 3. The number of nitrogens with zero attached hydrogens (tertiary/aromatic N) is 2. The molecule has 1 heterocycles. The van der Waals surface area contributed by atoms with Crippen molar-refractivity contribution < 1.29 is 8.78 Å². The highest BCUT2D eigenvalue weighted by Gasteiger charge is 2.04. The number of para-hydroxylation sites is 2. The predicted molar refractivity (Wildman–Crippen MR) is 73.2 cm³/mol. The fourth-order valence-corrected chi connectivity index (χ4v) is 1.90. The molecule has 0 aliphatic heterocycles. The number of hydrogen-bond donors (Lipinski definition) is 1. The molecule has 3 rings (SSSR count). The molecule has 0 aliphatic carbocycles. The molecule has 0 saturated heterocycles. The molecule has 20 heavy (non-hydrogen) atoms. The van der Waals surface area contributed by atoms with Gasteiger partial charge in [0.1, 0.15) is 11.6 Å². The van der Waals surface area contributed by atoms with Crippen molar-refractivity contribution in [1.29, 1.82) is 0 Å². The largest absolute Gasteiger partial charge is 0.377 e. The van der Waals surface area contributed by atoms with Crippen LogP contribution < -0.4 is 5.32 Å². The van der Waals surface area contributed by atoms with Crippen molar-refractivity contribution in [3.05, 3.63) is 66.0 Å². The number of aromatic nitrogens is 2. The van der Waals surface area contributed by atoms with Crippen LogP contribution in [-0.4, -0.2) is 9.97 Å². The van der Waals surface area contributed by atoms with Crippen molar-refractivity contribution in [2.24, 2.45) is 0 Å². The zero-order valence-corrected chi connectivity index (χ0v) is 10.5. The van der Waals surface area contributed by atoms with Crippen LogP contribution in [0, 0.1) is 11.6 Å². The number of halogens is 2. The van der Waals surface area contributed by atoms with Crippen molar-refractivity contribution >= 4 is 16.7 Å². The van der Waals surface area contributed by atoms with Crippen LogP contribution >= 0.6 is 0 Å². The van der Waals surface area contributed by atoms with Gasteiger partial charge in [0.25, 0.3) is 0 Å². The van der Waals surface area contributed by atoms with Crippen molar-refractivity contribution in [2.45, 2.75) is 6.54 Å². The van der Waals surface area contributed by atoms with E-state index in [0.717, 1.165) is 29.2 Å². The number of benzene rings is 2. The van der Waals surface area contributed by atoms with Gasteiger partial charge in [-0.15, -0.1) is 0 Å². The topological polar surface area (TPSA) is 37.8 Å². The Morgan fingerprint density at radius 1 is 1.00 bits per heavy atom. The average Bonchev–Trinajstić information content (AvgIpc) is 2.48. The Labute approximate surface area is 114 Å². The first-order valence-corrected chi connectivity index (χ1v) is 6.12. The van der Waals surface area contributed by atoms with E-state index in [1.165, 1.54) is 0 Å². The van der Waals surface area contributed by atoms with Gasteiger partial charge in [0, 0.05) is 0 Å². The Hall–Kier alpha value is -2.56. The van der Waals surface area contributed by atoms with Gasteiger partial charge in [0.05, 0.1) is 35.2 Å². The lowest BCUT2D eigenvalue weighted by Crippen LogP contribution is -2.04. The molecule has 0 atom stereocenters. The van der Waals surface area contributed by atoms with Gasteiger partial charge in [-0.2, -0.15) is 0 Å². The average molecular weight is 271 g/mol. The maximum Gasteiger partial charge on any atom is 0.146 e. The molecule has 0 unspecified atom stereocenters. The standard InChI is InChI=1S/C15H11F2N3/c16-10-5-6-12(17)15(7-10)19-9-11-8-18-13-3-1-2-4-14(13)20-11/h1-8,19H,9H2. The van der Waals surface area contributed by atoms with Crippen LogP contribution in [0.2, 0.25) is 0 Å². The van der Waals surface area contributed by atoms with E-state index in [2.05, 4.69) is 15.3 Å². The van der Waals surface area contributed by atoms with E-state index in [-0.39, 0.29) is 12.2 Å². The molecule has 1 N–H and O–H groups in total. The third-order valence-electron chi connectivity index (χ3n) is 2.89. The monoisotopic (exact) mass is 271 g/mol. The zero-order valence-electron chi connectivity index (χ0n) is 10.5. The maximum absolute atomic E-state index is 13.5. The highest BCUT2D eigenvalue weighted by atomic mass is 19.1. The second-order valence-corrected chi connectivity index (χ2v) is 4.33. The van der Waals surface area contributed by atoms with Gasteiger partial charge in [0.2, 0.25) is 0 Å². The highest BCUT2D eigenvalue weighted by molar-refractivity contribution is 5.73. The van der Waals surface area contributed by atoms with Crippen LogP contribution in [0.1, 0.15) is 5.69 Å². The smallest absolute Gasteiger partial charge is 0.146 e. The third-order valence-corrected chi connectivity index (χ3v) is 2.89. The summed E-state index contributed by atoms with van der Waals surface area (Å²) >= 11 is 0. The van der Waals surface area contributed by atoms with Crippen molar-refractivity contribution in [3.63, 3.8) is 0 Å². The fourth-order valence-electron chi connectivity index (χ4n) is 1.90. The van der Waals surface area contributed by atoms with Crippen LogP contribution in [0.4, 0.5) is 14.5 Å². The van der Waals surface area contributed by atoms with Gasteiger partial charge >= 0.3 is 0 Å². The normalized spacial score (nSPS) is 10.7. The van der Waals surface area contributed by atoms with Gasteiger partial charge in [-0.3, -0.25) is 4.98 Å². The van der Waals surface area contributed by atoms with E-state index in [1.54, 1.807) is 6.20 Å². The fraction of sp³-hybridized carbons (Fsp3) is 0.0667. The van der Waals surface area contributed by atoms with E-state index in [1.807, 2.05) is 24.3 Å². The Kier molecular flexibility index (Phi) is 3.25. The molecule has 2 aromatic carbocycles. The second kappa shape index (κ2) is 5.21. The summed E-state index contributed by atoms with van der Waals surface area (Å²) in [6.07, 6.45) is 1.62. The summed E-state index contributed by atoms with van der Waals surface area (Å²) in [7, 11) is 0. The maximum atomic E-state index is 13.5. The molecular formula is C15H11F2N3. The summed E-state index contributed by atoms with van der Waals surface area (Å²) in [5, 5.41) is 2.82. The van der Waals surface area contributed by atoms with E-state index in [4.69, 9.17) is 0 Å². The lowest BCUT2D eigenvalue weighted by atomic mass is 10.2. The summed E-state index contributed by atoms with van der Waals surface area (Å²) < 4.78 is 26.5. The molecule has 0 aliphatic rings. The predicted octanol–water partition coefficient (Wildman–Crippen LogP) is 3.52. The molecular weight excluding hydrogens is 260 g/mol. The van der Waals surface area contributed by atoms with E-state index >= 15 is 0 Å². The Bertz CT molecular complexity index is 759. The minimum atomic E-state index is -0.500. The van der Waals surface area contributed by atoms with Gasteiger partial charge < -0.3 is 5.32 Å². The number of fused-ring (bicyclic) bond motifs is 1. The second-order valence-electron chi connectivity index (χ2n) is 4.33. The molecule has 1 aromatic heterocycles. The molecule has 0 amide bonds. The number of rotatable bonds is 3. The number of nitrogens with one attached hydrogen (secondary N) is 1. The molecule has 0 spiro atoms.